The fourth-order valence-electron chi connectivity index (χ4n) is 6.49. The van der Waals surface area contributed by atoms with Crippen LogP contribution in [-0.4, -0.2) is 108 Å². The molecule has 1 fully saturated rings. The summed E-state index contributed by atoms with van der Waals surface area (Å²) >= 11 is 0. The highest BCUT2D eigenvalue weighted by molar-refractivity contribution is 6.07. The molecular formula is C38H48N8O9. The Bertz CT molecular complexity index is 1970. The lowest BCUT2D eigenvalue weighted by atomic mass is 10.1. The maximum atomic E-state index is 13.7. The van der Waals surface area contributed by atoms with Crippen molar-refractivity contribution in [2.75, 3.05) is 62.5 Å². The van der Waals surface area contributed by atoms with E-state index >= 15 is 0 Å². The molecule has 55 heavy (non-hydrogen) atoms. The maximum Gasteiger partial charge on any atom is 0.416 e. The van der Waals surface area contributed by atoms with Gasteiger partial charge in [0.2, 0.25) is 5.91 Å². The normalized spacial score (nSPS) is 16.2. The largest absolute Gasteiger partial charge is 0.493 e. The van der Waals surface area contributed by atoms with E-state index in [0.717, 1.165) is 23.4 Å². The van der Waals surface area contributed by atoms with Crippen LogP contribution in [0.1, 0.15) is 57.0 Å². The van der Waals surface area contributed by atoms with E-state index in [2.05, 4.69) is 34.4 Å². The van der Waals surface area contributed by atoms with Crippen LogP contribution >= 0.6 is 0 Å². The van der Waals surface area contributed by atoms with E-state index in [-0.39, 0.29) is 72.9 Å². The minimum Gasteiger partial charge on any atom is -0.493 e. The van der Waals surface area contributed by atoms with Gasteiger partial charge in [0, 0.05) is 52.1 Å². The van der Waals surface area contributed by atoms with Crippen molar-refractivity contribution < 1.29 is 43.3 Å². The number of carbonyl (C=O) groups is 5. The Hall–Kier alpha value is -6.07. The summed E-state index contributed by atoms with van der Waals surface area (Å²) in [5, 5.41) is 22.9. The number of aryl methyl sites for hydroxylation is 2. The van der Waals surface area contributed by atoms with Crippen LogP contribution in [0.4, 0.5) is 21.9 Å². The van der Waals surface area contributed by atoms with Crippen LogP contribution in [-0.2, 0) is 23.6 Å². The summed E-state index contributed by atoms with van der Waals surface area (Å²) in [6, 6.07) is 5.30. The van der Waals surface area contributed by atoms with E-state index in [4.69, 9.17) is 14.2 Å². The summed E-state index contributed by atoms with van der Waals surface area (Å²) < 4.78 is 20.0. The van der Waals surface area contributed by atoms with Crippen LogP contribution in [0.25, 0.3) is 0 Å². The highest BCUT2D eigenvalue weighted by atomic mass is 16.6. The number of nitrogens with one attached hydrogen (secondary N) is 4. The number of ether oxygens (including phenoxy) is 3. The topological polar surface area (TPSA) is 198 Å². The number of amides is 5. The van der Waals surface area contributed by atoms with E-state index in [1.165, 1.54) is 30.2 Å². The molecule has 5 amide bonds. The van der Waals surface area contributed by atoms with Crippen molar-refractivity contribution in [3.63, 3.8) is 0 Å². The number of hydrogen-bond donors (Lipinski definition) is 5. The minimum atomic E-state index is -1.43. The molecule has 2 aliphatic heterocycles. The molecule has 4 heterocycles. The Morgan fingerprint density at radius 2 is 1.65 bits per heavy atom. The van der Waals surface area contributed by atoms with Crippen LogP contribution in [0, 0.1) is 0 Å². The predicted molar refractivity (Wildman–Crippen MR) is 205 cm³/mol. The van der Waals surface area contributed by atoms with Crippen molar-refractivity contribution in [2.45, 2.75) is 38.0 Å². The lowest BCUT2D eigenvalue weighted by Crippen LogP contribution is -2.50. The highest BCUT2D eigenvalue weighted by Crippen LogP contribution is 2.42. The molecule has 0 spiro atoms. The molecule has 2 atom stereocenters. The van der Waals surface area contributed by atoms with Crippen LogP contribution in [0.3, 0.4) is 0 Å². The van der Waals surface area contributed by atoms with Gasteiger partial charge >= 0.3 is 6.09 Å². The number of hydrogen-bond acceptors (Lipinski definition) is 10. The summed E-state index contributed by atoms with van der Waals surface area (Å²) in [6.45, 7) is 9.00. The third-order valence-electron chi connectivity index (χ3n) is 9.17. The number of nitrogens with zero attached hydrogens (tertiary/aromatic N) is 4. The zero-order valence-corrected chi connectivity index (χ0v) is 31.5. The Labute approximate surface area is 318 Å². The molecule has 5 N–H and O–H groups in total. The number of methoxy groups -OCH3 is 1. The summed E-state index contributed by atoms with van der Waals surface area (Å²) in [5.74, 6) is -1.01. The van der Waals surface area contributed by atoms with E-state index in [9.17, 15) is 29.1 Å². The van der Waals surface area contributed by atoms with Crippen molar-refractivity contribution in [2.24, 2.45) is 14.1 Å². The molecule has 17 heteroatoms. The van der Waals surface area contributed by atoms with Gasteiger partial charge in [-0.2, -0.15) is 0 Å². The summed E-state index contributed by atoms with van der Waals surface area (Å²) in [6.07, 6.45) is 3.77. The summed E-state index contributed by atoms with van der Waals surface area (Å²) in [5.41, 5.74) is 2.47. The van der Waals surface area contributed by atoms with Gasteiger partial charge in [-0.1, -0.05) is 24.8 Å². The zero-order valence-electron chi connectivity index (χ0n) is 31.5. The van der Waals surface area contributed by atoms with E-state index in [1.807, 2.05) is 7.05 Å². The number of aliphatic hydroxyl groups is 1. The molecule has 1 aromatic carbocycles. The third-order valence-corrected chi connectivity index (χ3v) is 9.17. The number of benzene rings is 1. The van der Waals surface area contributed by atoms with Gasteiger partial charge in [-0.05, 0) is 51.1 Å². The number of aromatic nitrogens is 2. The maximum absolute atomic E-state index is 13.7. The number of rotatable bonds is 16. The number of carbonyl (C=O) groups excluding carboxylic acids is 5. The van der Waals surface area contributed by atoms with Crippen molar-refractivity contribution >= 4 is 46.8 Å². The lowest BCUT2D eigenvalue weighted by molar-refractivity contribution is -0.116. The molecule has 5 rings (SSSR count). The molecule has 1 saturated heterocycles. The van der Waals surface area contributed by atoms with Gasteiger partial charge in [0.05, 0.1) is 42.4 Å². The molecule has 1 unspecified atom stereocenters. The monoisotopic (exact) mass is 760 g/mol. The molecule has 294 valence electrons. The van der Waals surface area contributed by atoms with Crippen LogP contribution in [0.15, 0.2) is 61.5 Å². The molecule has 3 aromatic rings. The van der Waals surface area contributed by atoms with Crippen molar-refractivity contribution in [3.05, 3.63) is 78.4 Å². The molecule has 0 bridgehead atoms. The van der Waals surface area contributed by atoms with Gasteiger partial charge in [0.15, 0.2) is 17.7 Å². The fourth-order valence-corrected chi connectivity index (χ4v) is 6.49. The van der Waals surface area contributed by atoms with Gasteiger partial charge in [-0.15, -0.1) is 0 Å². The van der Waals surface area contributed by atoms with Crippen molar-refractivity contribution in [1.29, 1.82) is 0 Å². The van der Waals surface area contributed by atoms with Crippen molar-refractivity contribution in [1.82, 2.24) is 24.7 Å². The molecule has 0 saturated carbocycles. The molecule has 2 aliphatic rings. The quantitative estimate of drug-likeness (QED) is 0.107. The Morgan fingerprint density at radius 3 is 2.33 bits per heavy atom. The predicted octanol–water partition coefficient (Wildman–Crippen LogP) is 2.99. The summed E-state index contributed by atoms with van der Waals surface area (Å²) in [4.78, 5) is 68.0. The third kappa shape index (κ3) is 9.18. The fraction of sp³-hybridized carbons (Fsp3) is 0.395. The SMILES string of the molecule is C=CCOC(=O)N1c2cc(OCCCC(=O)Nc3cc(C(=O)Nc4cc(C(=O)NCCCNC)n(C)c4)n(C)c3)c(OC)cc2C(=O)N2CC(=C)C[C@H]2C1O. The average Bonchev–Trinajstić information content (AvgIpc) is 3.84. The van der Waals surface area contributed by atoms with Gasteiger partial charge in [0.25, 0.3) is 17.7 Å². The molecule has 2 aromatic heterocycles. The van der Waals surface area contributed by atoms with Crippen LogP contribution in [0.2, 0.25) is 0 Å². The first-order valence-corrected chi connectivity index (χ1v) is 17.8. The first kappa shape index (κ1) is 40.1. The first-order valence-electron chi connectivity index (χ1n) is 17.8. The van der Waals surface area contributed by atoms with Crippen molar-refractivity contribution in [3.8, 4) is 11.5 Å². The summed E-state index contributed by atoms with van der Waals surface area (Å²) in [7, 11) is 6.65. The molecule has 0 aliphatic carbocycles. The molecule has 17 nitrogen and oxygen atoms in total. The Morgan fingerprint density at radius 1 is 0.964 bits per heavy atom. The minimum absolute atomic E-state index is 0.0596. The van der Waals surface area contributed by atoms with E-state index in [1.54, 1.807) is 47.8 Å². The van der Waals surface area contributed by atoms with E-state index in [0.29, 0.717) is 30.0 Å². The van der Waals surface area contributed by atoms with Gasteiger partial charge in [0.1, 0.15) is 18.0 Å². The first-order chi connectivity index (χ1) is 26.4. The zero-order chi connectivity index (χ0) is 39.8. The Kier molecular flexibility index (Phi) is 13.0. The standard InChI is InChI=1S/C38H48N8O9/c1-7-13-55-38(52)46-27-19-32(31(53-6)18-26(27)36(50)45-20-23(2)15-30(45)37(46)51)54-14-8-10-33(47)41-24-16-29(44(5)21-24)35(49)42-25-17-28(43(4)22-25)34(48)40-12-9-11-39-3/h7,16-19,21-22,30,37,39,51H,1-2,8-15,20H2,3-6H3,(H,40,48)(H,41,47)(H,42,49)/t30-,37?/m0/s1. The van der Waals surface area contributed by atoms with E-state index < -0.39 is 30.2 Å². The molecule has 0 radical (unpaired) electrons. The lowest BCUT2D eigenvalue weighted by Gasteiger charge is -2.31. The number of anilines is 3. The second-order valence-corrected chi connectivity index (χ2v) is 13.2. The van der Waals surface area contributed by atoms with Gasteiger partial charge in [-0.25, -0.2) is 9.69 Å². The average molecular weight is 761 g/mol. The smallest absolute Gasteiger partial charge is 0.416 e. The molecular weight excluding hydrogens is 712 g/mol. The second kappa shape index (κ2) is 17.8. The highest BCUT2D eigenvalue weighted by Gasteiger charge is 2.46. The Balaban J connectivity index is 1.19. The van der Waals surface area contributed by atoms with Crippen LogP contribution < -0.4 is 35.6 Å². The van der Waals surface area contributed by atoms with Gasteiger partial charge < -0.3 is 54.6 Å². The second-order valence-electron chi connectivity index (χ2n) is 13.2. The number of aliphatic hydroxyl groups excluding tert-OH is 1. The number of fused-ring (bicyclic) bond motifs is 2. The van der Waals surface area contributed by atoms with Gasteiger partial charge in [-0.3, -0.25) is 19.2 Å². The van der Waals surface area contributed by atoms with Crippen LogP contribution in [0.5, 0.6) is 11.5 Å².